The zero-order valence-corrected chi connectivity index (χ0v) is 12.4. The van der Waals surface area contributed by atoms with Gasteiger partial charge in [-0.25, -0.2) is 0 Å². The highest BCUT2D eigenvalue weighted by atomic mass is 16.5. The Morgan fingerprint density at radius 2 is 2.19 bits per heavy atom. The topological polar surface area (TPSA) is 38.1 Å². The first-order chi connectivity index (χ1) is 10.4. The highest BCUT2D eigenvalue weighted by molar-refractivity contribution is 5.01. The predicted octanol–water partition coefficient (Wildman–Crippen LogP) is 1.34. The van der Waals surface area contributed by atoms with Gasteiger partial charge >= 0.3 is 0 Å². The molecule has 1 aromatic rings. The molecule has 4 rings (SSSR count). The van der Waals surface area contributed by atoms with Crippen molar-refractivity contribution in [2.24, 2.45) is 0 Å². The van der Waals surface area contributed by atoms with E-state index in [0.717, 1.165) is 51.7 Å². The molecule has 0 aliphatic carbocycles. The summed E-state index contributed by atoms with van der Waals surface area (Å²) in [5, 5.41) is 0. The lowest BCUT2D eigenvalue weighted by Gasteiger charge is -2.38. The molecular weight excluding hydrogens is 268 g/mol. The van der Waals surface area contributed by atoms with Gasteiger partial charge in [0.2, 0.25) is 0 Å². The lowest BCUT2D eigenvalue weighted by atomic mass is 10.1. The van der Waals surface area contributed by atoms with E-state index >= 15 is 0 Å². The molecule has 0 bridgehead atoms. The number of hydrogen-bond donors (Lipinski definition) is 0. The molecule has 116 valence electrons. The van der Waals surface area contributed by atoms with E-state index in [4.69, 9.17) is 13.9 Å². The minimum absolute atomic E-state index is 0.343. The number of hydrogen-bond acceptors (Lipinski definition) is 5. The normalized spacial score (nSPS) is 34.4. The Balaban J connectivity index is 1.37. The zero-order chi connectivity index (χ0) is 14.1. The zero-order valence-electron chi connectivity index (χ0n) is 12.4. The summed E-state index contributed by atoms with van der Waals surface area (Å²) < 4.78 is 17.3. The molecule has 0 radical (unpaired) electrons. The average Bonchev–Trinajstić information content (AvgIpc) is 3.20. The van der Waals surface area contributed by atoms with Gasteiger partial charge in [-0.2, -0.15) is 0 Å². The smallest absolute Gasteiger partial charge is 0.117 e. The van der Waals surface area contributed by atoms with Crippen molar-refractivity contribution in [1.29, 1.82) is 0 Å². The molecule has 3 saturated heterocycles. The molecule has 5 nitrogen and oxygen atoms in total. The molecule has 3 fully saturated rings. The predicted molar refractivity (Wildman–Crippen MR) is 78.1 cm³/mol. The maximum absolute atomic E-state index is 5.99. The number of nitrogens with zero attached hydrogens (tertiary/aromatic N) is 2. The third-order valence-corrected chi connectivity index (χ3v) is 4.91. The van der Waals surface area contributed by atoms with Gasteiger partial charge in [0.25, 0.3) is 0 Å². The summed E-state index contributed by atoms with van der Waals surface area (Å²) in [5.74, 6) is 1.04. The molecule has 0 spiro atoms. The summed E-state index contributed by atoms with van der Waals surface area (Å²) in [6, 6.07) is 4.52. The highest BCUT2D eigenvalue weighted by Crippen LogP contribution is 2.26. The first kappa shape index (κ1) is 13.8. The molecule has 21 heavy (non-hydrogen) atoms. The minimum atomic E-state index is 0.343. The Kier molecular flexibility index (Phi) is 3.99. The SMILES string of the molecule is c1coc(CN2C[C@@H]3OCCN(CC4CCCO4)[C@@H]3C2)c1. The van der Waals surface area contributed by atoms with Crippen LogP contribution in [0.25, 0.3) is 0 Å². The average molecular weight is 292 g/mol. The summed E-state index contributed by atoms with van der Waals surface area (Å²) in [4.78, 5) is 5.04. The van der Waals surface area contributed by atoms with Crippen LogP contribution < -0.4 is 0 Å². The lowest BCUT2D eigenvalue weighted by molar-refractivity contribution is -0.0615. The van der Waals surface area contributed by atoms with E-state index in [1.54, 1.807) is 6.26 Å². The third kappa shape index (κ3) is 3.01. The van der Waals surface area contributed by atoms with E-state index in [9.17, 15) is 0 Å². The number of fused-ring (bicyclic) bond motifs is 1. The van der Waals surface area contributed by atoms with Crippen LogP contribution in [0, 0.1) is 0 Å². The molecule has 1 aromatic heterocycles. The van der Waals surface area contributed by atoms with Crippen molar-refractivity contribution in [3.8, 4) is 0 Å². The van der Waals surface area contributed by atoms with Crippen LogP contribution in [0.1, 0.15) is 18.6 Å². The molecule has 3 atom stereocenters. The standard InChI is InChI=1S/C16H24N2O3/c1-3-13(19-6-1)9-17-11-15-16(12-17)21-8-5-18(15)10-14-4-2-7-20-14/h1,3,6,14-16H,2,4-5,7-12H2/t14?,15-,16+/m1/s1. The van der Waals surface area contributed by atoms with Gasteiger partial charge in [-0.05, 0) is 25.0 Å². The fraction of sp³-hybridized carbons (Fsp3) is 0.750. The van der Waals surface area contributed by atoms with Crippen molar-refractivity contribution in [3.05, 3.63) is 24.2 Å². The van der Waals surface area contributed by atoms with Crippen LogP contribution in [0.4, 0.5) is 0 Å². The summed E-state index contributed by atoms with van der Waals surface area (Å²) in [5.41, 5.74) is 0. The van der Waals surface area contributed by atoms with Crippen LogP contribution in [0.2, 0.25) is 0 Å². The second-order valence-electron chi connectivity index (χ2n) is 6.38. The quantitative estimate of drug-likeness (QED) is 0.837. The fourth-order valence-electron chi connectivity index (χ4n) is 3.86. The molecule has 1 unspecified atom stereocenters. The molecule has 0 N–H and O–H groups in total. The van der Waals surface area contributed by atoms with Crippen molar-refractivity contribution >= 4 is 0 Å². The van der Waals surface area contributed by atoms with E-state index in [-0.39, 0.29) is 0 Å². The van der Waals surface area contributed by atoms with Gasteiger partial charge in [0.1, 0.15) is 5.76 Å². The van der Waals surface area contributed by atoms with E-state index in [1.807, 2.05) is 12.1 Å². The molecule has 0 aromatic carbocycles. The second kappa shape index (κ2) is 6.08. The first-order valence-corrected chi connectivity index (χ1v) is 8.10. The van der Waals surface area contributed by atoms with Gasteiger partial charge in [-0.1, -0.05) is 0 Å². The van der Waals surface area contributed by atoms with Crippen molar-refractivity contribution in [2.75, 3.05) is 39.4 Å². The molecule has 0 amide bonds. The largest absolute Gasteiger partial charge is 0.468 e. The third-order valence-electron chi connectivity index (χ3n) is 4.91. The van der Waals surface area contributed by atoms with Gasteiger partial charge in [0.05, 0.1) is 31.6 Å². The maximum atomic E-state index is 5.99. The van der Waals surface area contributed by atoms with Gasteiger partial charge in [-0.3, -0.25) is 9.80 Å². The Morgan fingerprint density at radius 1 is 1.19 bits per heavy atom. The summed E-state index contributed by atoms with van der Waals surface area (Å²) in [7, 11) is 0. The van der Waals surface area contributed by atoms with Gasteiger partial charge in [0.15, 0.2) is 0 Å². The molecule has 0 saturated carbocycles. The van der Waals surface area contributed by atoms with E-state index in [1.165, 1.54) is 12.8 Å². The van der Waals surface area contributed by atoms with Gasteiger partial charge in [-0.15, -0.1) is 0 Å². The number of rotatable bonds is 4. The number of furan rings is 1. The van der Waals surface area contributed by atoms with Crippen LogP contribution in [-0.4, -0.2) is 67.4 Å². The van der Waals surface area contributed by atoms with E-state index in [0.29, 0.717) is 18.2 Å². The van der Waals surface area contributed by atoms with Crippen LogP contribution in [0.15, 0.2) is 22.8 Å². The summed E-state index contributed by atoms with van der Waals surface area (Å²) in [6.45, 7) is 6.85. The number of likely N-dealkylation sites (tertiary alicyclic amines) is 1. The van der Waals surface area contributed by atoms with E-state index < -0.39 is 0 Å². The Labute approximate surface area is 125 Å². The van der Waals surface area contributed by atoms with Crippen molar-refractivity contribution < 1.29 is 13.9 Å². The Morgan fingerprint density at radius 3 is 3.00 bits per heavy atom. The highest BCUT2D eigenvalue weighted by Gasteiger charge is 2.41. The van der Waals surface area contributed by atoms with Crippen LogP contribution >= 0.6 is 0 Å². The number of ether oxygens (including phenoxy) is 2. The fourth-order valence-corrected chi connectivity index (χ4v) is 3.86. The van der Waals surface area contributed by atoms with Crippen LogP contribution in [0.5, 0.6) is 0 Å². The second-order valence-corrected chi connectivity index (χ2v) is 6.38. The first-order valence-electron chi connectivity index (χ1n) is 8.10. The molecule has 3 aliphatic heterocycles. The lowest BCUT2D eigenvalue weighted by Crippen LogP contribution is -2.52. The molecule has 3 aliphatic rings. The molecular formula is C16H24N2O3. The van der Waals surface area contributed by atoms with E-state index in [2.05, 4.69) is 9.80 Å². The van der Waals surface area contributed by atoms with Crippen LogP contribution in [-0.2, 0) is 16.0 Å². The molecule has 4 heterocycles. The van der Waals surface area contributed by atoms with Crippen molar-refractivity contribution in [2.45, 2.75) is 37.6 Å². The van der Waals surface area contributed by atoms with Crippen molar-refractivity contribution in [3.63, 3.8) is 0 Å². The van der Waals surface area contributed by atoms with Gasteiger partial charge < -0.3 is 13.9 Å². The maximum Gasteiger partial charge on any atom is 0.117 e. The number of morpholine rings is 1. The molecule has 5 heteroatoms. The van der Waals surface area contributed by atoms with Crippen molar-refractivity contribution in [1.82, 2.24) is 9.80 Å². The monoisotopic (exact) mass is 292 g/mol. The Bertz CT molecular complexity index is 444. The summed E-state index contributed by atoms with van der Waals surface area (Å²) >= 11 is 0. The minimum Gasteiger partial charge on any atom is -0.468 e. The van der Waals surface area contributed by atoms with Gasteiger partial charge in [0, 0.05) is 38.8 Å². The summed E-state index contributed by atoms with van der Waals surface area (Å²) in [6.07, 6.45) is 4.95. The Hall–Kier alpha value is -0.880. The van der Waals surface area contributed by atoms with Crippen LogP contribution in [0.3, 0.4) is 0 Å².